The van der Waals surface area contributed by atoms with E-state index in [1.54, 1.807) is 18.2 Å². The number of aryl methyl sites for hydroxylation is 2. The number of carbonyl (C=O) groups is 1. The second kappa shape index (κ2) is 5.31. The summed E-state index contributed by atoms with van der Waals surface area (Å²) in [6.45, 7) is 3.84. The number of rotatable bonds is 3. The van der Waals surface area contributed by atoms with Gasteiger partial charge in [-0.15, -0.1) is 0 Å². The summed E-state index contributed by atoms with van der Waals surface area (Å²) in [6.07, 6.45) is 3.38. The van der Waals surface area contributed by atoms with Crippen molar-refractivity contribution >= 4 is 27.8 Å². The average molecular weight is 305 g/mol. The van der Waals surface area contributed by atoms with Crippen molar-refractivity contribution in [1.82, 2.24) is 10.2 Å². The van der Waals surface area contributed by atoms with Crippen molar-refractivity contribution < 1.29 is 4.79 Å². The third kappa shape index (κ3) is 2.76. The summed E-state index contributed by atoms with van der Waals surface area (Å²) in [4.78, 5) is 12.0. The molecular formula is C14H13BrN2O. The van der Waals surface area contributed by atoms with Crippen LogP contribution in [-0.4, -0.2) is 16.0 Å². The molecule has 4 heteroatoms. The van der Waals surface area contributed by atoms with Gasteiger partial charge < -0.3 is 0 Å². The summed E-state index contributed by atoms with van der Waals surface area (Å²) in [7, 11) is 0. The van der Waals surface area contributed by atoms with Crippen molar-refractivity contribution in [3.63, 3.8) is 0 Å². The number of hydrogen-bond acceptors (Lipinski definition) is 2. The fraction of sp³-hybridized carbons (Fsp3) is 0.143. The molecule has 92 valence electrons. The van der Waals surface area contributed by atoms with Crippen molar-refractivity contribution in [1.29, 1.82) is 0 Å². The van der Waals surface area contributed by atoms with Gasteiger partial charge in [0.25, 0.3) is 0 Å². The lowest BCUT2D eigenvalue weighted by Gasteiger charge is -1.97. The molecule has 2 rings (SSSR count). The maximum atomic E-state index is 12.0. The summed E-state index contributed by atoms with van der Waals surface area (Å²) in [5, 5.41) is 6.98. The van der Waals surface area contributed by atoms with E-state index in [1.165, 1.54) is 0 Å². The van der Waals surface area contributed by atoms with Crippen LogP contribution in [0.1, 0.15) is 27.3 Å². The highest BCUT2D eigenvalue weighted by Gasteiger charge is 2.05. The molecule has 0 aliphatic carbocycles. The van der Waals surface area contributed by atoms with Crippen LogP contribution in [0.5, 0.6) is 0 Å². The van der Waals surface area contributed by atoms with Gasteiger partial charge in [0, 0.05) is 21.3 Å². The van der Waals surface area contributed by atoms with Gasteiger partial charge in [0.15, 0.2) is 5.78 Å². The third-order valence-corrected chi connectivity index (χ3v) is 3.19. The molecule has 0 saturated carbocycles. The molecule has 1 heterocycles. The Labute approximate surface area is 114 Å². The molecule has 0 bridgehead atoms. The first-order chi connectivity index (χ1) is 8.58. The number of allylic oxidation sites excluding steroid dienone is 1. The summed E-state index contributed by atoms with van der Waals surface area (Å²) in [5.41, 5.74) is 3.49. The molecule has 0 fully saturated rings. The Kier molecular flexibility index (Phi) is 3.77. The molecular weight excluding hydrogens is 292 g/mol. The maximum absolute atomic E-state index is 12.0. The van der Waals surface area contributed by atoms with E-state index in [4.69, 9.17) is 0 Å². The molecule has 1 aromatic heterocycles. The number of hydrogen-bond donors (Lipinski definition) is 1. The highest BCUT2D eigenvalue weighted by atomic mass is 79.9. The first-order valence-electron chi connectivity index (χ1n) is 5.57. The quantitative estimate of drug-likeness (QED) is 0.694. The highest BCUT2D eigenvalue weighted by molar-refractivity contribution is 9.10. The van der Waals surface area contributed by atoms with E-state index in [0.717, 1.165) is 21.4 Å². The smallest absolute Gasteiger partial charge is 0.185 e. The van der Waals surface area contributed by atoms with E-state index < -0.39 is 0 Å². The third-order valence-electron chi connectivity index (χ3n) is 2.70. The van der Waals surface area contributed by atoms with Gasteiger partial charge in [-0.25, -0.2) is 0 Å². The zero-order valence-electron chi connectivity index (χ0n) is 10.2. The Morgan fingerprint density at radius 2 is 2.17 bits per heavy atom. The van der Waals surface area contributed by atoms with E-state index in [-0.39, 0.29) is 5.78 Å². The number of nitrogens with one attached hydrogen (secondary N) is 1. The topological polar surface area (TPSA) is 45.8 Å². The number of aromatic nitrogens is 2. The zero-order valence-corrected chi connectivity index (χ0v) is 11.8. The maximum Gasteiger partial charge on any atom is 0.185 e. The Balaban J connectivity index is 2.22. The number of benzene rings is 1. The molecule has 0 radical (unpaired) electrons. The SMILES string of the molecule is Cc1n[nH]c(C)c1/C=C/C(=O)c1cccc(Br)c1. The van der Waals surface area contributed by atoms with Crippen molar-refractivity contribution in [2.75, 3.05) is 0 Å². The zero-order chi connectivity index (χ0) is 13.1. The molecule has 0 atom stereocenters. The van der Waals surface area contributed by atoms with Crippen LogP contribution in [0.25, 0.3) is 6.08 Å². The average Bonchev–Trinajstić information content (AvgIpc) is 2.66. The Hall–Kier alpha value is -1.68. The van der Waals surface area contributed by atoms with Gasteiger partial charge in [-0.05, 0) is 38.1 Å². The van der Waals surface area contributed by atoms with Gasteiger partial charge in [-0.1, -0.05) is 28.1 Å². The molecule has 1 N–H and O–H groups in total. The van der Waals surface area contributed by atoms with Gasteiger partial charge >= 0.3 is 0 Å². The van der Waals surface area contributed by atoms with Crippen molar-refractivity contribution in [3.8, 4) is 0 Å². The molecule has 2 aromatic rings. The Bertz CT molecular complexity index is 595. The van der Waals surface area contributed by atoms with Gasteiger partial charge in [-0.3, -0.25) is 9.89 Å². The molecule has 0 spiro atoms. The van der Waals surface area contributed by atoms with Gasteiger partial charge in [0.05, 0.1) is 5.69 Å². The molecule has 18 heavy (non-hydrogen) atoms. The number of carbonyl (C=O) groups excluding carboxylic acids is 1. The number of ketones is 1. The number of aromatic amines is 1. The predicted molar refractivity (Wildman–Crippen MR) is 75.6 cm³/mol. The van der Waals surface area contributed by atoms with Crippen LogP contribution in [0.2, 0.25) is 0 Å². The van der Waals surface area contributed by atoms with Gasteiger partial charge in [0.1, 0.15) is 0 Å². The molecule has 0 amide bonds. The largest absolute Gasteiger partial charge is 0.289 e. The lowest BCUT2D eigenvalue weighted by Crippen LogP contribution is -1.93. The van der Waals surface area contributed by atoms with Crippen LogP contribution >= 0.6 is 15.9 Å². The van der Waals surface area contributed by atoms with Crippen molar-refractivity contribution in [3.05, 3.63) is 57.3 Å². The van der Waals surface area contributed by atoms with E-state index in [2.05, 4.69) is 26.1 Å². The van der Waals surface area contributed by atoms with Gasteiger partial charge in [0.2, 0.25) is 0 Å². The monoisotopic (exact) mass is 304 g/mol. The van der Waals surface area contributed by atoms with Crippen molar-refractivity contribution in [2.24, 2.45) is 0 Å². The van der Waals surface area contributed by atoms with Crippen LogP contribution in [-0.2, 0) is 0 Å². The fourth-order valence-electron chi connectivity index (χ4n) is 1.70. The van der Waals surface area contributed by atoms with E-state index >= 15 is 0 Å². The first kappa shape index (κ1) is 12.8. The number of halogens is 1. The Morgan fingerprint density at radius 3 is 2.78 bits per heavy atom. The molecule has 0 aliphatic rings. The summed E-state index contributed by atoms with van der Waals surface area (Å²) >= 11 is 3.35. The number of H-pyrrole nitrogens is 1. The van der Waals surface area contributed by atoms with Crippen LogP contribution < -0.4 is 0 Å². The van der Waals surface area contributed by atoms with E-state index in [0.29, 0.717) is 5.56 Å². The van der Waals surface area contributed by atoms with Crippen molar-refractivity contribution in [2.45, 2.75) is 13.8 Å². The van der Waals surface area contributed by atoms with Crippen LogP contribution in [0.15, 0.2) is 34.8 Å². The lowest BCUT2D eigenvalue weighted by molar-refractivity contribution is 0.104. The lowest BCUT2D eigenvalue weighted by atomic mass is 10.1. The molecule has 0 aliphatic heterocycles. The minimum absolute atomic E-state index is 0.0173. The molecule has 0 saturated heterocycles. The van der Waals surface area contributed by atoms with Crippen LogP contribution in [0, 0.1) is 13.8 Å². The van der Waals surface area contributed by atoms with E-state index in [1.807, 2.05) is 32.0 Å². The fourth-order valence-corrected chi connectivity index (χ4v) is 2.10. The second-order valence-corrected chi connectivity index (χ2v) is 4.97. The standard InChI is InChI=1S/C14H13BrN2O/c1-9-13(10(2)17-16-9)6-7-14(18)11-4-3-5-12(15)8-11/h3-8H,1-2H3,(H,16,17)/b7-6+. The van der Waals surface area contributed by atoms with Gasteiger partial charge in [-0.2, -0.15) is 5.10 Å². The first-order valence-corrected chi connectivity index (χ1v) is 6.37. The summed E-state index contributed by atoms with van der Waals surface area (Å²) in [6, 6.07) is 7.35. The summed E-state index contributed by atoms with van der Waals surface area (Å²) in [5.74, 6) is -0.0173. The number of nitrogens with zero attached hydrogens (tertiary/aromatic N) is 1. The van der Waals surface area contributed by atoms with Crippen LogP contribution in [0.3, 0.4) is 0 Å². The second-order valence-electron chi connectivity index (χ2n) is 4.06. The summed E-state index contributed by atoms with van der Waals surface area (Å²) < 4.78 is 0.900. The molecule has 1 aromatic carbocycles. The predicted octanol–water partition coefficient (Wildman–Crippen LogP) is 3.69. The van der Waals surface area contributed by atoms with E-state index in [9.17, 15) is 4.79 Å². The minimum atomic E-state index is -0.0173. The molecule has 0 unspecified atom stereocenters. The normalized spacial score (nSPS) is 11.1. The highest BCUT2D eigenvalue weighted by Crippen LogP contribution is 2.15. The molecule has 3 nitrogen and oxygen atoms in total. The van der Waals surface area contributed by atoms with Crippen LogP contribution in [0.4, 0.5) is 0 Å². The minimum Gasteiger partial charge on any atom is -0.289 e. The Morgan fingerprint density at radius 1 is 1.39 bits per heavy atom.